The van der Waals surface area contributed by atoms with Crippen LogP contribution in [0.1, 0.15) is 5.56 Å². The Kier molecular flexibility index (Phi) is 5.37. The highest BCUT2D eigenvalue weighted by atomic mass is 79.9. The quantitative estimate of drug-likeness (QED) is 0.621. The average Bonchev–Trinajstić information content (AvgIpc) is 2.41. The first-order valence-corrected chi connectivity index (χ1v) is 8.62. The minimum absolute atomic E-state index is 0.497. The molecule has 0 spiro atoms. The summed E-state index contributed by atoms with van der Waals surface area (Å²) >= 11 is 3.42. The maximum Gasteiger partial charge on any atom is 0.349 e. The Morgan fingerprint density at radius 1 is 1.19 bits per heavy atom. The van der Waals surface area contributed by atoms with Crippen LogP contribution in [0.25, 0.3) is 6.08 Å². The average molecular weight is 369 g/mol. The van der Waals surface area contributed by atoms with Gasteiger partial charge in [0.1, 0.15) is 12.4 Å². The van der Waals surface area contributed by atoms with E-state index in [0.717, 1.165) is 27.2 Å². The number of allylic oxidation sites excluding steroid dienone is 4. The number of hydrogen-bond acceptors (Lipinski definition) is 2. The van der Waals surface area contributed by atoms with E-state index in [1.165, 1.54) is 6.08 Å². The molecule has 1 aliphatic rings. The van der Waals surface area contributed by atoms with Crippen LogP contribution in [0.15, 0.2) is 64.4 Å². The Bertz CT molecular complexity index is 683. The van der Waals surface area contributed by atoms with Crippen LogP contribution >= 0.6 is 23.5 Å². The van der Waals surface area contributed by atoms with Crippen molar-refractivity contribution in [2.24, 2.45) is 0 Å². The van der Waals surface area contributed by atoms with Crippen LogP contribution in [0.5, 0.6) is 5.75 Å². The van der Waals surface area contributed by atoms with Gasteiger partial charge < -0.3 is 14.5 Å². The van der Waals surface area contributed by atoms with Crippen molar-refractivity contribution in [1.82, 2.24) is 0 Å². The number of halogens is 1. The molecule has 0 bridgehead atoms. The van der Waals surface area contributed by atoms with Gasteiger partial charge in [0.05, 0.1) is 0 Å². The lowest BCUT2D eigenvalue weighted by atomic mass is 10.1. The van der Waals surface area contributed by atoms with Crippen molar-refractivity contribution in [1.29, 1.82) is 0 Å². The van der Waals surface area contributed by atoms with E-state index >= 15 is 0 Å². The second-order valence-electron chi connectivity index (χ2n) is 4.36. The first kappa shape index (κ1) is 16.0. The van der Waals surface area contributed by atoms with E-state index in [0.29, 0.717) is 6.61 Å². The van der Waals surface area contributed by atoms with Crippen molar-refractivity contribution in [3.05, 3.63) is 70.0 Å². The molecule has 0 aromatic heterocycles. The van der Waals surface area contributed by atoms with E-state index in [9.17, 15) is 4.57 Å². The molecule has 1 heterocycles. The third-order valence-electron chi connectivity index (χ3n) is 2.63. The van der Waals surface area contributed by atoms with Crippen molar-refractivity contribution in [3.63, 3.8) is 0 Å². The predicted molar refractivity (Wildman–Crippen MR) is 87.1 cm³/mol. The van der Waals surface area contributed by atoms with Crippen LogP contribution in [-0.4, -0.2) is 16.4 Å². The molecule has 0 unspecified atom stereocenters. The summed E-state index contributed by atoms with van der Waals surface area (Å²) in [6.45, 7) is 0.497. The molecule has 0 saturated heterocycles. The largest absolute Gasteiger partial charge is 0.488 e. The van der Waals surface area contributed by atoms with Gasteiger partial charge in [-0.15, -0.1) is 0 Å². The molecule has 21 heavy (non-hydrogen) atoms. The van der Waals surface area contributed by atoms with Crippen LogP contribution in [-0.2, 0) is 4.57 Å². The standard InChI is InChI=1S/C15H14BrO4P/c16-14-6-7-15-13(10-14)9-12(11-20-15)5-3-1-2-4-8-21(17,18)19/h1-10H,11H2,(H2,17,18,19)/b2-1+,5-3+,8-4+. The minimum Gasteiger partial charge on any atom is -0.488 e. The van der Waals surface area contributed by atoms with Crippen molar-refractivity contribution in [2.45, 2.75) is 0 Å². The molecule has 1 aromatic rings. The summed E-state index contributed by atoms with van der Waals surface area (Å²) in [6, 6.07) is 5.84. The molecule has 0 amide bonds. The summed E-state index contributed by atoms with van der Waals surface area (Å²) in [5.74, 6) is 1.71. The highest BCUT2D eigenvalue weighted by Gasteiger charge is 2.09. The molecule has 0 atom stereocenters. The molecule has 2 N–H and O–H groups in total. The topological polar surface area (TPSA) is 66.8 Å². The third kappa shape index (κ3) is 5.48. The van der Waals surface area contributed by atoms with Crippen molar-refractivity contribution >= 4 is 29.6 Å². The molecule has 2 rings (SSSR count). The Morgan fingerprint density at radius 3 is 2.71 bits per heavy atom. The molecule has 0 saturated carbocycles. The summed E-state index contributed by atoms with van der Waals surface area (Å²) in [6.07, 6.45) is 10.3. The van der Waals surface area contributed by atoms with Crippen LogP contribution in [0.3, 0.4) is 0 Å². The molecule has 0 radical (unpaired) electrons. The van der Waals surface area contributed by atoms with Gasteiger partial charge in [-0.25, -0.2) is 0 Å². The van der Waals surface area contributed by atoms with Gasteiger partial charge in [-0.3, -0.25) is 4.57 Å². The van der Waals surface area contributed by atoms with Gasteiger partial charge in [-0.05, 0) is 29.8 Å². The molecular formula is C15H14BrO4P. The highest BCUT2D eigenvalue weighted by molar-refractivity contribution is 9.10. The van der Waals surface area contributed by atoms with E-state index in [1.54, 1.807) is 18.2 Å². The van der Waals surface area contributed by atoms with E-state index < -0.39 is 7.60 Å². The molecule has 6 heteroatoms. The summed E-state index contributed by atoms with van der Waals surface area (Å²) in [5.41, 5.74) is 2.03. The number of ether oxygens (including phenoxy) is 1. The normalized spacial score (nSPS) is 15.5. The minimum atomic E-state index is -4.07. The van der Waals surface area contributed by atoms with Gasteiger partial charge in [-0.2, -0.15) is 0 Å². The molecular weight excluding hydrogens is 355 g/mol. The number of fused-ring (bicyclic) bond motifs is 1. The molecule has 1 aliphatic heterocycles. The second kappa shape index (κ2) is 7.05. The summed E-state index contributed by atoms with van der Waals surface area (Å²) in [4.78, 5) is 17.3. The van der Waals surface area contributed by atoms with E-state index in [-0.39, 0.29) is 0 Å². The zero-order valence-electron chi connectivity index (χ0n) is 11.0. The van der Waals surface area contributed by atoms with Crippen LogP contribution in [0, 0.1) is 0 Å². The van der Waals surface area contributed by atoms with Crippen LogP contribution < -0.4 is 4.74 Å². The van der Waals surface area contributed by atoms with E-state index in [4.69, 9.17) is 14.5 Å². The van der Waals surface area contributed by atoms with Gasteiger partial charge in [-0.1, -0.05) is 46.3 Å². The van der Waals surface area contributed by atoms with Gasteiger partial charge in [0.2, 0.25) is 0 Å². The smallest absolute Gasteiger partial charge is 0.349 e. The molecule has 4 nitrogen and oxygen atoms in total. The fourth-order valence-electron chi connectivity index (χ4n) is 1.73. The Morgan fingerprint density at radius 2 is 1.95 bits per heavy atom. The first-order chi connectivity index (χ1) is 9.94. The van der Waals surface area contributed by atoms with Crippen molar-refractivity contribution in [3.8, 4) is 5.75 Å². The van der Waals surface area contributed by atoms with Crippen LogP contribution in [0.2, 0.25) is 0 Å². The maximum absolute atomic E-state index is 10.6. The molecule has 110 valence electrons. The fourth-order valence-corrected chi connectivity index (χ4v) is 2.43. The lowest BCUT2D eigenvalue weighted by Crippen LogP contribution is -2.05. The van der Waals surface area contributed by atoms with Gasteiger partial charge in [0.25, 0.3) is 0 Å². The highest BCUT2D eigenvalue weighted by Crippen LogP contribution is 2.35. The second-order valence-corrected chi connectivity index (χ2v) is 6.76. The predicted octanol–water partition coefficient (Wildman–Crippen LogP) is 4.03. The fraction of sp³-hybridized carbons (Fsp3) is 0.0667. The van der Waals surface area contributed by atoms with Crippen molar-refractivity contribution in [2.75, 3.05) is 6.61 Å². The lowest BCUT2D eigenvalue weighted by Gasteiger charge is -2.16. The maximum atomic E-state index is 10.6. The Balaban J connectivity index is 2.01. The van der Waals surface area contributed by atoms with Crippen molar-refractivity contribution < 1.29 is 19.1 Å². The lowest BCUT2D eigenvalue weighted by molar-refractivity contribution is 0.351. The number of benzene rings is 1. The Hall–Kier alpha value is -1.39. The number of hydrogen-bond donors (Lipinski definition) is 2. The van der Waals surface area contributed by atoms with Gasteiger partial charge in [0.15, 0.2) is 0 Å². The monoisotopic (exact) mass is 368 g/mol. The van der Waals surface area contributed by atoms with E-state index in [1.807, 2.05) is 30.4 Å². The summed E-state index contributed by atoms with van der Waals surface area (Å²) in [5, 5.41) is 0. The molecule has 0 fully saturated rings. The zero-order chi connectivity index (χ0) is 15.3. The zero-order valence-corrected chi connectivity index (χ0v) is 13.5. The van der Waals surface area contributed by atoms with E-state index in [2.05, 4.69) is 15.9 Å². The third-order valence-corrected chi connectivity index (χ3v) is 3.68. The van der Waals surface area contributed by atoms with Gasteiger partial charge >= 0.3 is 7.60 Å². The summed E-state index contributed by atoms with van der Waals surface area (Å²) in [7, 11) is -4.07. The SMILES string of the molecule is O=P(O)(O)/C=C/C=C/C=C/C1=Cc2cc(Br)ccc2OC1. The Labute approximate surface area is 131 Å². The van der Waals surface area contributed by atoms with Crippen LogP contribution in [0.4, 0.5) is 0 Å². The summed E-state index contributed by atoms with van der Waals surface area (Å²) < 4.78 is 17.2. The van der Waals surface area contributed by atoms with Gasteiger partial charge in [0, 0.05) is 15.9 Å². The number of rotatable bonds is 4. The first-order valence-electron chi connectivity index (χ1n) is 6.15. The molecule has 0 aliphatic carbocycles. The molecule has 1 aromatic carbocycles.